The maximum absolute atomic E-state index is 12.0. The fourth-order valence-corrected chi connectivity index (χ4v) is 3.34. The van der Waals surface area contributed by atoms with E-state index < -0.39 is 11.6 Å². The van der Waals surface area contributed by atoms with Gasteiger partial charge in [0.2, 0.25) is 5.91 Å². The molecule has 0 aliphatic rings. The molecule has 2 rings (SSSR count). The maximum Gasteiger partial charge on any atom is 0.239 e. The highest BCUT2D eigenvalue weighted by Gasteiger charge is 2.27. The molecule has 0 saturated heterocycles. The van der Waals surface area contributed by atoms with Crippen molar-refractivity contribution >= 4 is 27.3 Å². The van der Waals surface area contributed by atoms with E-state index in [1.54, 1.807) is 18.3 Å². The number of nitrogens with two attached hydrogens (primary N) is 1. The monoisotopic (exact) mass is 306 g/mol. The number of rotatable bonds is 6. The third-order valence-corrected chi connectivity index (χ3v) is 4.73. The van der Waals surface area contributed by atoms with Crippen LogP contribution in [0.5, 0.6) is 0 Å². The van der Waals surface area contributed by atoms with Gasteiger partial charge in [-0.25, -0.2) is 0 Å². The topological polar surface area (TPSA) is 75.4 Å². The lowest BCUT2D eigenvalue weighted by molar-refractivity contribution is -0.126. The number of amides is 1. The van der Waals surface area contributed by atoms with E-state index in [2.05, 4.69) is 5.32 Å². The van der Waals surface area contributed by atoms with Gasteiger partial charge in [0, 0.05) is 16.1 Å². The first-order chi connectivity index (χ1) is 9.94. The lowest BCUT2D eigenvalue weighted by Crippen LogP contribution is -2.52. The van der Waals surface area contributed by atoms with Crippen LogP contribution < -0.4 is 11.1 Å². The normalized spacial score (nSPS) is 15.6. The number of hydrogen-bond acceptors (Lipinski definition) is 4. The molecule has 114 valence electrons. The van der Waals surface area contributed by atoms with Crippen molar-refractivity contribution in [2.24, 2.45) is 5.73 Å². The standard InChI is InChI=1S/C16H22N2O2S/c1-3-8-16(2,17)15(20)18-10-12(19)14-9-11-6-4-5-7-13(11)21-14/h4-7,9,12,19H,3,8,10,17H2,1-2H3,(H,18,20). The molecule has 5 heteroatoms. The van der Waals surface area contributed by atoms with Crippen LogP contribution in [-0.2, 0) is 4.79 Å². The molecular formula is C16H22N2O2S. The molecule has 0 saturated carbocycles. The van der Waals surface area contributed by atoms with Crippen LogP contribution in [0.1, 0.15) is 37.7 Å². The number of thiophene rings is 1. The second kappa shape index (κ2) is 6.56. The number of carbonyl (C=O) groups excluding carboxylic acids is 1. The Morgan fingerprint density at radius 1 is 1.48 bits per heavy atom. The lowest BCUT2D eigenvalue weighted by atomic mass is 9.96. The summed E-state index contributed by atoms with van der Waals surface area (Å²) in [5, 5.41) is 14.1. The Morgan fingerprint density at radius 3 is 2.86 bits per heavy atom. The van der Waals surface area contributed by atoms with Gasteiger partial charge in [0.1, 0.15) is 6.10 Å². The molecule has 1 heterocycles. The lowest BCUT2D eigenvalue weighted by Gasteiger charge is -2.23. The first-order valence-electron chi connectivity index (χ1n) is 7.18. The Labute approximate surface area is 129 Å². The molecule has 0 fully saturated rings. The first kappa shape index (κ1) is 15.9. The van der Waals surface area contributed by atoms with Gasteiger partial charge in [0.05, 0.1) is 5.54 Å². The van der Waals surface area contributed by atoms with Crippen molar-refractivity contribution in [1.82, 2.24) is 5.32 Å². The predicted molar refractivity (Wildman–Crippen MR) is 87.3 cm³/mol. The minimum atomic E-state index is -0.880. The van der Waals surface area contributed by atoms with Crippen LogP contribution in [0.3, 0.4) is 0 Å². The quantitative estimate of drug-likeness (QED) is 0.768. The van der Waals surface area contributed by atoms with E-state index in [1.807, 2.05) is 37.3 Å². The molecule has 1 aromatic carbocycles. The molecule has 0 bridgehead atoms. The van der Waals surface area contributed by atoms with Crippen LogP contribution in [0.15, 0.2) is 30.3 Å². The molecule has 0 aliphatic carbocycles. The summed E-state index contributed by atoms with van der Waals surface area (Å²) in [4.78, 5) is 12.9. The number of nitrogens with one attached hydrogen (secondary N) is 1. The van der Waals surface area contributed by atoms with Crippen LogP contribution in [0.2, 0.25) is 0 Å². The van der Waals surface area contributed by atoms with Crippen molar-refractivity contribution in [3.05, 3.63) is 35.2 Å². The number of hydrogen-bond donors (Lipinski definition) is 3. The molecule has 1 aromatic heterocycles. The molecule has 0 radical (unpaired) electrons. The van der Waals surface area contributed by atoms with Crippen molar-refractivity contribution in [2.75, 3.05) is 6.54 Å². The van der Waals surface area contributed by atoms with Gasteiger partial charge < -0.3 is 16.2 Å². The van der Waals surface area contributed by atoms with E-state index in [0.717, 1.165) is 21.4 Å². The van der Waals surface area contributed by atoms with Crippen molar-refractivity contribution in [3.63, 3.8) is 0 Å². The zero-order chi connectivity index (χ0) is 15.5. The van der Waals surface area contributed by atoms with Crippen LogP contribution in [0.25, 0.3) is 10.1 Å². The SMILES string of the molecule is CCCC(C)(N)C(=O)NCC(O)c1cc2ccccc2s1. The Hall–Kier alpha value is -1.43. The van der Waals surface area contributed by atoms with Crippen molar-refractivity contribution in [2.45, 2.75) is 38.3 Å². The van der Waals surface area contributed by atoms with Gasteiger partial charge in [-0.05, 0) is 30.9 Å². The molecule has 0 spiro atoms. The molecule has 4 nitrogen and oxygen atoms in total. The Morgan fingerprint density at radius 2 is 2.19 bits per heavy atom. The third-order valence-electron chi connectivity index (χ3n) is 3.52. The van der Waals surface area contributed by atoms with Gasteiger partial charge >= 0.3 is 0 Å². The van der Waals surface area contributed by atoms with Crippen LogP contribution in [0, 0.1) is 0 Å². The molecule has 0 aliphatic heterocycles. The fraction of sp³-hybridized carbons (Fsp3) is 0.438. The second-order valence-corrected chi connectivity index (χ2v) is 6.70. The summed E-state index contributed by atoms with van der Waals surface area (Å²) < 4.78 is 1.13. The molecule has 2 aromatic rings. The smallest absolute Gasteiger partial charge is 0.239 e. The molecule has 4 N–H and O–H groups in total. The second-order valence-electron chi connectivity index (χ2n) is 5.58. The van der Waals surface area contributed by atoms with Gasteiger partial charge in [-0.3, -0.25) is 4.79 Å². The molecule has 21 heavy (non-hydrogen) atoms. The first-order valence-corrected chi connectivity index (χ1v) is 7.99. The number of carbonyl (C=O) groups is 1. The highest BCUT2D eigenvalue weighted by Crippen LogP contribution is 2.29. The van der Waals surface area contributed by atoms with Crippen LogP contribution >= 0.6 is 11.3 Å². The van der Waals surface area contributed by atoms with Gasteiger partial charge in [-0.15, -0.1) is 11.3 Å². The zero-order valence-electron chi connectivity index (χ0n) is 12.4. The Bertz CT molecular complexity index is 589. The zero-order valence-corrected chi connectivity index (χ0v) is 13.2. The highest BCUT2D eigenvalue weighted by molar-refractivity contribution is 7.19. The number of aliphatic hydroxyl groups is 1. The van der Waals surface area contributed by atoms with Gasteiger partial charge in [-0.1, -0.05) is 31.5 Å². The summed E-state index contributed by atoms with van der Waals surface area (Å²) in [6, 6.07) is 9.94. The maximum atomic E-state index is 12.0. The third kappa shape index (κ3) is 3.81. The van der Waals surface area contributed by atoms with Gasteiger partial charge in [-0.2, -0.15) is 0 Å². The number of benzene rings is 1. The summed E-state index contributed by atoms with van der Waals surface area (Å²) in [6.45, 7) is 3.89. The largest absolute Gasteiger partial charge is 0.386 e. The molecule has 2 unspecified atom stereocenters. The van der Waals surface area contributed by atoms with E-state index in [0.29, 0.717) is 6.42 Å². The van der Waals surface area contributed by atoms with Crippen molar-refractivity contribution in [3.8, 4) is 0 Å². The molecular weight excluding hydrogens is 284 g/mol. The van der Waals surface area contributed by atoms with Gasteiger partial charge in [0.15, 0.2) is 0 Å². The van der Waals surface area contributed by atoms with E-state index in [-0.39, 0.29) is 12.5 Å². The van der Waals surface area contributed by atoms with E-state index in [4.69, 9.17) is 5.73 Å². The predicted octanol–water partition coefficient (Wildman–Crippen LogP) is 2.57. The van der Waals surface area contributed by atoms with Crippen molar-refractivity contribution < 1.29 is 9.90 Å². The Kier molecular flexibility index (Phi) is 4.98. The van der Waals surface area contributed by atoms with Crippen molar-refractivity contribution in [1.29, 1.82) is 0 Å². The van der Waals surface area contributed by atoms with E-state index in [1.165, 1.54) is 0 Å². The molecule has 1 amide bonds. The summed E-state index contributed by atoms with van der Waals surface area (Å²) in [7, 11) is 0. The minimum Gasteiger partial charge on any atom is -0.386 e. The Balaban J connectivity index is 1.98. The highest BCUT2D eigenvalue weighted by atomic mass is 32.1. The number of fused-ring (bicyclic) bond motifs is 1. The van der Waals surface area contributed by atoms with Crippen LogP contribution in [0.4, 0.5) is 0 Å². The summed E-state index contributed by atoms with van der Waals surface area (Å²) in [5.74, 6) is -0.218. The minimum absolute atomic E-state index is 0.183. The average molecular weight is 306 g/mol. The average Bonchev–Trinajstić information content (AvgIpc) is 2.88. The fourth-order valence-electron chi connectivity index (χ4n) is 2.29. The molecule has 2 atom stereocenters. The van der Waals surface area contributed by atoms with Gasteiger partial charge in [0.25, 0.3) is 0 Å². The van der Waals surface area contributed by atoms with E-state index >= 15 is 0 Å². The number of aliphatic hydroxyl groups excluding tert-OH is 1. The summed E-state index contributed by atoms with van der Waals surface area (Å²) in [6.07, 6.45) is 0.765. The van der Waals surface area contributed by atoms with E-state index in [9.17, 15) is 9.90 Å². The summed E-state index contributed by atoms with van der Waals surface area (Å²) >= 11 is 1.54. The summed E-state index contributed by atoms with van der Waals surface area (Å²) in [5.41, 5.74) is 5.09. The van der Waals surface area contributed by atoms with Crippen LogP contribution in [-0.4, -0.2) is 23.1 Å².